The Morgan fingerprint density at radius 3 is 2.14 bits per heavy atom. The average Bonchev–Trinajstić information content (AvgIpc) is 3.62. The second-order valence-corrected chi connectivity index (χ2v) is 10.1. The van der Waals surface area contributed by atoms with Crippen molar-refractivity contribution in [2.24, 2.45) is 5.92 Å². The maximum absolute atomic E-state index is 13.9. The van der Waals surface area contributed by atoms with Gasteiger partial charge >= 0.3 is 12.1 Å². The number of carbonyl (C=O) groups excluding carboxylic acids is 4. The first kappa shape index (κ1) is 28.1. The van der Waals surface area contributed by atoms with Crippen molar-refractivity contribution in [1.29, 1.82) is 0 Å². The maximum atomic E-state index is 13.9. The van der Waals surface area contributed by atoms with Gasteiger partial charge in [-0.05, 0) is 57.1 Å². The predicted octanol–water partition coefficient (Wildman–Crippen LogP) is 3.12. The number of ether oxygens (including phenoxy) is 2. The second-order valence-electron chi connectivity index (χ2n) is 10.1. The van der Waals surface area contributed by atoms with Gasteiger partial charge in [-0.2, -0.15) is 0 Å². The largest absolute Gasteiger partial charge is 0.468 e. The third-order valence-electron chi connectivity index (χ3n) is 5.66. The summed E-state index contributed by atoms with van der Waals surface area (Å²) >= 11 is 0. The molecule has 2 atom stereocenters. The zero-order valence-corrected chi connectivity index (χ0v) is 21.8. The Bertz CT molecular complexity index is 903. The van der Waals surface area contributed by atoms with Crippen LogP contribution in [0.4, 0.5) is 4.79 Å². The molecule has 0 aliphatic heterocycles. The van der Waals surface area contributed by atoms with E-state index in [2.05, 4.69) is 15.4 Å². The van der Waals surface area contributed by atoms with Gasteiger partial charge in [0.1, 0.15) is 24.2 Å². The number of nitrogens with one attached hydrogen (secondary N) is 2. The summed E-state index contributed by atoms with van der Waals surface area (Å²) < 4.78 is 10.0. The number of alkyl carbamates (subject to hydrolysis) is 1. The molecule has 0 bridgehead atoms. The van der Waals surface area contributed by atoms with Gasteiger partial charge in [-0.1, -0.05) is 45.0 Å². The molecule has 3 amide bonds. The molecule has 194 valence electrons. The Morgan fingerprint density at radius 2 is 1.69 bits per heavy atom. The minimum Gasteiger partial charge on any atom is -0.468 e. The van der Waals surface area contributed by atoms with Crippen LogP contribution in [-0.2, 0) is 30.3 Å². The Labute approximate surface area is 207 Å². The number of benzene rings is 1. The van der Waals surface area contributed by atoms with Crippen molar-refractivity contribution in [2.45, 2.75) is 84.5 Å². The monoisotopic (exact) mass is 489 g/mol. The first-order valence-corrected chi connectivity index (χ1v) is 12.1. The van der Waals surface area contributed by atoms with Crippen LogP contribution >= 0.6 is 0 Å². The van der Waals surface area contributed by atoms with Gasteiger partial charge in [0.05, 0.1) is 7.11 Å². The van der Waals surface area contributed by atoms with E-state index in [0.29, 0.717) is 5.56 Å². The van der Waals surface area contributed by atoms with Crippen LogP contribution in [0.15, 0.2) is 24.3 Å². The van der Waals surface area contributed by atoms with Gasteiger partial charge in [-0.25, -0.2) is 4.79 Å². The summed E-state index contributed by atoms with van der Waals surface area (Å²) in [5.74, 6) is -1.70. The summed E-state index contributed by atoms with van der Waals surface area (Å²) in [6.07, 6.45) is 1.63. The Morgan fingerprint density at radius 1 is 1.09 bits per heavy atom. The van der Waals surface area contributed by atoms with Crippen molar-refractivity contribution in [3.63, 3.8) is 0 Å². The van der Waals surface area contributed by atoms with E-state index >= 15 is 0 Å². The fourth-order valence-corrected chi connectivity index (χ4v) is 3.68. The molecule has 9 heteroatoms. The highest BCUT2D eigenvalue weighted by molar-refractivity contribution is 5.93. The van der Waals surface area contributed by atoms with Gasteiger partial charge < -0.3 is 25.0 Å². The van der Waals surface area contributed by atoms with E-state index in [1.54, 1.807) is 25.7 Å². The highest BCUT2D eigenvalue weighted by Crippen LogP contribution is 2.36. The van der Waals surface area contributed by atoms with Crippen LogP contribution in [0.3, 0.4) is 0 Å². The molecule has 0 aromatic heterocycles. The molecule has 1 aliphatic carbocycles. The molecule has 2 N–H and O–H groups in total. The Kier molecular flexibility index (Phi) is 9.68. The minimum atomic E-state index is -0.966. The zero-order chi connectivity index (χ0) is 26.3. The smallest absolute Gasteiger partial charge is 0.408 e. The number of aryl methyl sites for hydroxylation is 1. The molecule has 2 unspecified atom stereocenters. The van der Waals surface area contributed by atoms with E-state index in [1.807, 2.05) is 45.0 Å². The normalized spacial score (nSPS) is 15.1. The number of methoxy groups -OCH3 is 1. The van der Waals surface area contributed by atoms with Crippen molar-refractivity contribution in [2.75, 3.05) is 13.7 Å². The molecule has 0 heterocycles. The molecule has 1 aromatic rings. The quantitative estimate of drug-likeness (QED) is 0.488. The van der Waals surface area contributed by atoms with E-state index < -0.39 is 35.7 Å². The Hall–Kier alpha value is -3.10. The molecule has 1 fully saturated rings. The molecular weight excluding hydrogens is 450 g/mol. The van der Waals surface area contributed by atoms with E-state index in [1.165, 1.54) is 7.11 Å². The number of hydrogen-bond acceptors (Lipinski definition) is 6. The number of amides is 3. The minimum absolute atomic E-state index is 0.149. The van der Waals surface area contributed by atoms with Crippen molar-refractivity contribution >= 4 is 23.9 Å². The molecule has 35 heavy (non-hydrogen) atoms. The molecular formula is C26H39N3O6. The summed E-state index contributed by atoms with van der Waals surface area (Å²) in [5, 5.41) is 5.30. The average molecular weight is 490 g/mol. The van der Waals surface area contributed by atoms with E-state index in [9.17, 15) is 19.2 Å². The fourth-order valence-electron chi connectivity index (χ4n) is 3.68. The highest BCUT2D eigenvalue weighted by Gasteiger charge is 2.44. The fraction of sp³-hybridized carbons (Fsp3) is 0.615. The van der Waals surface area contributed by atoms with Crippen LogP contribution < -0.4 is 10.6 Å². The van der Waals surface area contributed by atoms with Crippen molar-refractivity contribution in [3.8, 4) is 0 Å². The molecule has 0 saturated heterocycles. The first-order chi connectivity index (χ1) is 16.4. The molecule has 9 nitrogen and oxygen atoms in total. The van der Waals surface area contributed by atoms with E-state index in [-0.39, 0.29) is 24.4 Å². The van der Waals surface area contributed by atoms with Crippen LogP contribution in [-0.4, -0.2) is 60.1 Å². The molecule has 1 aliphatic rings. The molecule has 0 radical (unpaired) electrons. The summed E-state index contributed by atoms with van der Waals surface area (Å²) in [6, 6.07) is 5.49. The number of esters is 1. The lowest BCUT2D eigenvalue weighted by molar-refractivity contribution is -0.145. The van der Waals surface area contributed by atoms with Crippen molar-refractivity contribution < 1.29 is 28.7 Å². The van der Waals surface area contributed by atoms with Crippen LogP contribution in [0.5, 0.6) is 0 Å². The molecule has 2 rings (SSSR count). The lowest BCUT2D eigenvalue weighted by atomic mass is 9.97. The van der Waals surface area contributed by atoms with Gasteiger partial charge in [0.2, 0.25) is 11.8 Å². The number of nitrogens with zero attached hydrogens (tertiary/aromatic N) is 1. The predicted molar refractivity (Wildman–Crippen MR) is 131 cm³/mol. The van der Waals surface area contributed by atoms with Crippen LogP contribution in [0.2, 0.25) is 0 Å². The topological polar surface area (TPSA) is 114 Å². The van der Waals surface area contributed by atoms with Gasteiger partial charge in [0.15, 0.2) is 0 Å². The number of rotatable bonds is 10. The zero-order valence-electron chi connectivity index (χ0n) is 21.8. The molecule has 0 spiro atoms. The lowest BCUT2D eigenvalue weighted by Crippen LogP contribution is -2.55. The van der Waals surface area contributed by atoms with E-state index in [4.69, 9.17) is 4.74 Å². The molecule has 1 saturated carbocycles. The third-order valence-corrected chi connectivity index (χ3v) is 5.66. The highest BCUT2D eigenvalue weighted by atomic mass is 16.6. The van der Waals surface area contributed by atoms with Gasteiger partial charge in [0.25, 0.3) is 0 Å². The Balaban J connectivity index is 2.41. The second kappa shape index (κ2) is 12.0. The molecule has 1 aromatic carbocycles. The maximum Gasteiger partial charge on any atom is 0.408 e. The van der Waals surface area contributed by atoms with Crippen molar-refractivity contribution in [1.82, 2.24) is 15.5 Å². The van der Waals surface area contributed by atoms with Gasteiger partial charge in [-0.15, -0.1) is 0 Å². The third kappa shape index (κ3) is 8.26. The SMILES string of the molecule is CCc1ccc(C(C(=O)NCC(=O)OC)N(C(=O)C(NC(=O)OC(C)(C)C)C(C)C)C2CC2)cc1. The van der Waals surface area contributed by atoms with Gasteiger partial charge in [-0.3, -0.25) is 14.4 Å². The number of carbonyl (C=O) groups is 4. The van der Waals surface area contributed by atoms with Crippen molar-refractivity contribution in [3.05, 3.63) is 35.4 Å². The summed E-state index contributed by atoms with van der Waals surface area (Å²) in [4.78, 5) is 53.0. The van der Waals surface area contributed by atoms with Gasteiger partial charge in [0, 0.05) is 6.04 Å². The van der Waals surface area contributed by atoms with Crippen LogP contribution in [0.25, 0.3) is 0 Å². The number of hydrogen-bond donors (Lipinski definition) is 2. The van der Waals surface area contributed by atoms with E-state index in [0.717, 1.165) is 24.8 Å². The summed E-state index contributed by atoms with van der Waals surface area (Å²) in [7, 11) is 1.24. The lowest BCUT2D eigenvalue weighted by Gasteiger charge is -2.35. The van der Waals surface area contributed by atoms with Crippen LogP contribution in [0, 0.1) is 5.92 Å². The van der Waals surface area contributed by atoms with Crippen LogP contribution in [0.1, 0.15) is 71.6 Å². The summed E-state index contributed by atoms with van der Waals surface area (Å²) in [6.45, 7) is 10.6. The summed E-state index contributed by atoms with van der Waals surface area (Å²) in [5.41, 5.74) is 1.00. The standard InChI is InChI=1S/C26H39N3O6/c1-8-17-9-11-18(12-10-17)22(23(31)27-15-20(30)34-7)29(19-13-14-19)24(32)21(16(2)3)28-25(33)35-26(4,5)6/h9-12,16,19,21-22H,8,13-15H2,1-7H3,(H,27,31)(H,28,33). The first-order valence-electron chi connectivity index (χ1n) is 12.1.